The predicted molar refractivity (Wildman–Crippen MR) is 156 cm³/mol. The van der Waals surface area contributed by atoms with Crippen LogP contribution in [0.1, 0.15) is 24.8 Å². The number of fused-ring (bicyclic) bond motifs is 1. The Kier molecular flexibility index (Phi) is 6.69. The van der Waals surface area contributed by atoms with Gasteiger partial charge in [0, 0.05) is 56.5 Å². The number of rotatable bonds is 6. The number of aliphatic hydroxyl groups is 1. The van der Waals surface area contributed by atoms with Gasteiger partial charge in [-0.15, -0.1) is 0 Å². The van der Waals surface area contributed by atoms with E-state index in [0.29, 0.717) is 39.1 Å². The molecule has 0 saturated carbocycles. The lowest BCUT2D eigenvalue weighted by molar-refractivity contribution is -0.0123. The normalized spacial score (nSPS) is 19.1. The van der Waals surface area contributed by atoms with Crippen molar-refractivity contribution in [2.75, 3.05) is 49.6 Å². The Bertz CT molecular complexity index is 1620. The van der Waals surface area contributed by atoms with Crippen LogP contribution in [0.5, 0.6) is 0 Å². The van der Waals surface area contributed by atoms with Crippen LogP contribution >= 0.6 is 0 Å². The largest absolute Gasteiger partial charge is 0.393 e. The second kappa shape index (κ2) is 10.5. The van der Waals surface area contributed by atoms with E-state index in [9.17, 15) is 9.90 Å². The molecule has 0 aliphatic carbocycles. The number of pyridine rings is 3. The number of H-pyrrole nitrogens is 1. The number of aliphatic hydroxyl groups excluding tert-OH is 1. The zero-order valence-corrected chi connectivity index (χ0v) is 22.8. The number of aromatic amines is 1. The fraction of sp³-hybridized carbons (Fsp3) is 0.387. The van der Waals surface area contributed by atoms with Gasteiger partial charge in [-0.05, 0) is 61.2 Å². The fourth-order valence-corrected chi connectivity index (χ4v) is 6.38. The van der Waals surface area contributed by atoms with E-state index in [2.05, 4.69) is 30.1 Å². The fourth-order valence-electron chi connectivity index (χ4n) is 6.38. The summed E-state index contributed by atoms with van der Waals surface area (Å²) in [6, 6.07) is 12.5. The van der Waals surface area contributed by atoms with Gasteiger partial charge < -0.3 is 25.0 Å². The Labute approximate surface area is 237 Å². The molecule has 0 radical (unpaired) electrons. The van der Waals surface area contributed by atoms with E-state index < -0.39 is 0 Å². The highest BCUT2D eigenvalue weighted by Crippen LogP contribution is 2.39. The van der Waals surface area contributed by atoms with Crippen molar-refractivity contribution < 1.29 is 14.2 Å². The number of piperidine rings is 1. The maximum atomic E-state index is 15.2. The van der Waals surface area contributed by atoms with Crippen LogP contribution in [-0.4, -0.2) is 70.5 Å². The van der Waals surface area contributed by atoms with Gasteiger partial charge in [0.25, 0.3) is 5.56 Å². The second-order valence-electron chi connectivity index (χ2n) is 11.6. The summed E-state index contributed by atoms with van der Waals surface area (Å²) in [6.07, 6.45) is 5.67. The molecule has 3 aliphatic heterocycles. The number of ether oxygens (including phenoxy) is 1. The lowest BCUT2D eigenvalue weighted by atomic mass is 9.79. The van der Waals surface area contributed by atoms with Crippen molar-refractivity contribution in [2.45, 2.75) is 31.9 Å². The summed E-state index contributed by atoms with van der Waals surface area (Å²) in [5, 5.41) is 13.5. The van der Waals surface area contributed by atoms with Gasteiger partial charge in [0.1, 0.15) is 11.6 Å². The van der Waals surface area contributed by atoms with Crippen LogP contribution in [0.15, 0.2) is 59.7 Å². The standard InChI is InChI=1S/C31H33FN6O3/c32-24-3-1-20(16-37-17-31(18-37)8-12-41-19-31)13-23(24)26-14-27(29-25(35-26)5-9-33-30(29)40)36-28-4-2-21(15-34-28)38-10-6-22(39)7-11-38/h1-5,9,13-15,22,39H,6-8,10-12,16-19H2,(H,33,40)(H,34,35,36). The minimum Gasteiger partial charge on any atom is -0.393 e. The summed E-state index contributed by atoms with van der Waals surface area (Å²) < 4.78 is 20.8. The molecular weight excluding hydrogens is 523 g/mol. The van der Waals surface area contributed by atoms with Gasteiger partial charge in [-0.25, -0.2) is 14.4 Å². The molecule has 0 bridgehead atoms. The first-order chi connectivity index (χ1) is 19.9. The number of hydrogen-bond acceptors (Lipinski definition) is 8. The highest BCUT2D eigenvalue weighted by atomic mass is 19.1. The molecule has 3 fully saturated rings. The van der Waals surface area contributed by atoms with E-state index in [0.717, 1.165) is 76.5 Å². The van der Waals surface area contributed by atoms with Gasteiger partial charge in [0.15, 0.2) is 0 Å². The van der Waals surface area contributed by atoms with Crippen molar-refractivity contribution in [2.24, 2.45) is 5.41 Å². The molecule has 3 saturated heterocycles. The first-order valence-corrected chi connectivity index (χ1v) is 14.2. The third kappa shape index (κ3) is 5.18. The summed E-state index contributed by atoms with van der Waals surface area (Å²) >= 11 is 0. The average molecular weight is 557 g/mol. The van der Waals surface area contributed by atoms with E-state index in [1.54, 1.807) is 24.5 Å². The Morgan fingerprint density at radius 3 is 2.76 bits per heavy atom. The van der Waals surface area contributed by atoms with E-state index in [1.165, 1.54) is 6.07 Å². The maximum absolute atomic E-state index is 15.2. The zero-order valence-electron chi connectivity index (χ0n) is 22.8. The summed E-state index contributed by atoms with van der Waals surface area (Å²) in [4.78, 5) is 29.4. The molecule has 7 rings (SSSR count). The molecule has 3 N–H and O–H groups in total. The Morgan fingerprint density at radius 2 is 2.00 bits per heavy atom. The van der Waals surface area contributed by atoms with Gasteiger partial charge in [-0.2, -0.15) is 0 Å². The zero-order chi connectivity index (χ0) is 28.0. The topological polar surface area (TPSA) is 107 Å². The first kappa shape index (κ1) is 26.1. The van der Waals surface area contributed by atoms with Gasteiger partial charge in [0.05, 0.1) is 46.9 Å². The van der Waals surface area contributed by atoms with Crippen LogP contribution in [0, 0.1) is 11.2 Å². The summed E-state index contributed by atoms with van der Waals surface area (Å²) in [6.45, 7) is 5.95. The Morgan fingerprint density at radius 1 is 1.15 bits per heavy atom. The van der Waals surface area contributed by atoms with Crippen LogP contribution in [0.3, 0.4) is 0 Å². The van der Waals surface area contributed by atoms with E-state index in [1.807, 2.05) is 24.3 Å². The van der Waals surface area contributed by atoms with Gasteiger partial charge in [-0.3, -0.25) is 9.69 Å². The summed E-state index contributed by atoms with van der Waals surface area (Å²) in [5.41, 5.74) is 3.80. The number of likely N-dealkylation sites (tertiary alicyclic amines) is 1. The number of hydrogen-bond donors (Lipinski definition) is 3. The van der Waals surface area contributed by atoms with Crippen molar-refractivity contribution in [1.82, 2.24) is 19.9 Å². The van der Waals surface area contributed by atoms with Crippen LogP contribution in [0.2, 0.25) is 0 Å². The second-order valence-corrected chi connectivity index (χ2v) is 11.6. The monoisotopic (exact) mass is 556 g/mol. The molecule has 10 heteroatoms. The van der Waals surface area contributed by atoms with Crippen molar-refractivity contribution in [3.8, 4) is 11.3 Å². The van der Waals surface area contributed by atoms with Crippen molar-refractivity contribution in [3.63, 3.8) is 0 Å². The van der Waals surface area contributed by atoms with Gasteiger partial charge >= 0.3 is 0 Å². The van der Waals surface area contributed by atoms with Crippen LogP contribution in [-0.2, 0) is 11.3 Å². The molecule has 1 spiro atoms. The SMILES string of the molecule is O=c1[nH]ccc2nc(-c3cc(CN4CC5(CCOC5)C4)ccc3F)cc(Nc3ccc(N4CCC(O)CC4)cn3)c12. The first-order valence-electron chi connectivity index (χ1n) is 14.2. The number of benzene rings is 1. The molecule has 0 unspecified atom stereocenters. The quantitative estimate of drug-likeness (QED) is 0.327. The summed E-state index contributed by atoms with van der Waals surface area (Å²) in [5.74, 6) is 0.194. The molecule has 0 atom stereocenters. The number of nitrogens with one attached hydrogen (secondary N) is 2. The van der Waals surface area contributed by atoms with Crippen molar-refractivity contribution in [3.05, 3.63) is 76.6 Å². The third-order valence-electron chi connectivity index (χ3n) is 8.59. The minimum absolute atomic E-state index is 0.243. The lowest BCUT2D eigenvalue weighted by Gasteiger charge is -2.47. The highest BCUT2D eigenvalue weighted by molar-refractivity contribution is 5.94. The molecule has 0 amide bonds. The average Bonchev–Trinajstić information content (AvgIpc) is 3.45. The molecule has 212 valence electrons. The molecule has 9 nitrogen and oxygen atoms in total. The number of anilines is 3. The molecule has 6 heterocycles. The molecular formula is C31H33FN6O3. The predicted octanol–water partition coefficient (Wildman–Crippen LogP) is 4.05. The third-order valence-corrected chi connectivity index (χ3v) is 8.59. The van der Waals surface area contributed by atoms with Crippen LogP contribution in [0.4, 0.5) is 21.6 Å². The molecule has 3 aromatic heterocycles. The highest BCUT2D eigenvalue weighted by Gasteiger charge is 2.45. The smallest absolute Gasteiger partial charge is 0.259 e. The summed E-state index contributed by atoms with van der Waals surface area (Å²) in [7, 11) is 0. The lowest BCUT2D eigenvalue weighted by Crippen LogP contribution is -2.56. The molecule has 41 heavy (non-hydrogen) atoms. The van der Waals surface area contributed by atoms with Crippen LogP contribution in [0.25, 0.3) is 22.2 Å². The maximum Gasteiger partial charge on any atom is 0.259 e. The van der Waals surface area contributed by atoms with Crippen molar-refractivity contribution >= 4 is 28.1 Å². The number of aromatic nitrogens is 3. The molecule has 3 aliphatic rings. The molecule has 4 aromatic rings. The van der Waals surface area contributed by atoms with E-state index in [-0.39, 0.29) is 17.5 Å². The number of nitrogens with zero attached hydrogens (tertiary/aromatic N) is 4. The minimum atomic E-state index is -0.366. The van der Waals surface area contributed by atoms with Crippen molar-refractivity contribution in [1.29, 1.82) is 0 Å². The number of halogens is 1. The Balaban J connectivity index is 1.17. The van der Waals surface area contributed by atoms with Gasteiger partial charge in [0.2, 0.25) is 0 Å². The molecule has 1 aromatic carbocycles. The van der Waals surface area contributed by atoms with Gasteiger partial charge in [-0.1, -0.05) is 6.07 Å². The van der Waals surface area contributed by atoms with Crippen LogP contribution < -0.4 is 15.8 Å². The Hall–Kier alpha value is -3.86. The van der Waals surface area contributed by atoms with E-state index >= 15 is 4.39 Å². The van der Waals surface area contributed by atoms with E-state index in [4.69, 9.17) is 4.74 Å².